The number of halogens is 1. The number of pyridine rings is 1. The second-order valence-electron chi connectivity index (χ2n) is 5.50. The molecule has 1 aromatic heterocycles. The Labute approximate surface area is 142 Å². The van der Waals surface area contributed by atoms with E-state index in [0.29, 0.717) is 5.15 Å². The lowest BCUT2D eigenvalue weighted by atomic mass is 10.1. The predicted molar refractivity (Wildman–Crippen MR) is 98.6 cm³/mol. The molecule has 1 aromatic carbocycles. The lowest BCUT2D eigenvalue weighted by Gasteiger charge is -2.27. The molecule has 23 heavy (non-hydrogen) atoms. The van der Waals surface area contributed by atoms with Gasteiger partial charge >= 0.3 is 0 Å². The topological polar surface area (TPSA) is 28.2 Å². The zero-order valence-electron chi connectivity index (χ0n) is 13.2. The van der Waals surface area contributed by atoms with Gasteiger partial charge in [0.1, 0.15) is 5.69 Å². The van der Waals surface area contributed by atoms with E-state index in [-0.39, 0.29) is 0 Å². The molecule has 2 aromatic rings. The predicted octanol–water partition coefficient (Wildman–Crippen LogP) is 5.45. The van der Waals surface area contributed by atoms with Crippen LogP contribution in [0.1, 0.15) is 31.0 Å². The van der Waals surface area contributed by atoms with E-state index in [0.717, 1.165) is 36.5 Å². The third-order valence-electron chi connectivity index (χ3n) is 3.71. The number of anilines is 2. The number of nitrogens with zero attached hydrogens (tertiary/aromatic N) is 2. The monoisotopic (exact) mass is 325 g/mol. The molecule has 0 radical (unpaired) electrons. The van der Waals surface area contributed by atoms with Crippen LogP contribution in [0.25, 0.3) is 6.08 Å². The first-order valence-corrected chi connectivity index (χ1v) is 8.26. The standard InChI is InChI=1S/C19H20ClN3/c1-2-3-5-10-16-13-17-18(19(20)22-16)21-11-12-23(17)14-15-8-6-4-7-9-15/h4-13,21H,2-3,14H2,1H3. The minimum atomic E-state index is 0.501. The zero-order chi connectivity index (χ0) is 16.1. The van der Waals surface area contributed by atoms with E-state index in [2.05, 4.69) is 58.5 Å². The molecule has 1 aliphatic rings. The quantitative estimate of drug-likeness (QED) is 0.741. The number of hydrogen-bond donors (Lipinski definition) is 1. The van der Waals surface area contributed by atoms with Crippen molar-refractivity contribution in [3.63, 3.8) is 0 Å². The van der Waals surface area contributed by atoms with Crippen molar-refractivity contribution in [2.45, 2.75) is 26.3 Å². The van der Waals surface area contributed by atoms with Crippen molar-refractivity contribution in [2.75, 3.05) is 10.2 Å². The van der Waals surface area contributed by atoms with Gasteiger partial charge in [0.2, 0.25) is 0 Å². The van der Waals surface area contributed by atoms with E-state index in [1.807, 2.05) is 24.5 Å². The van der Waals surface area contributed by atoms with Crippen LogP contribution in [0.15, 0.2) is 54.9 Å². The lowest BCUT2D eigenvalue weighted by Crippen LogP contribution is -2.21. The molecule has 0 saturated heterocycles. The average Bonchev–Trinajstić information content (AvgIpc) is 2.57. The van der Waals surface area contributed by atoms with Gasteiger partial charge in [0.15, 0.2) is 5.15 Å². The summed E-state index contributed by atoms with van der Waals surface area (Å²) in [5.41, 5.74) is 4.05. The van der Waals surface area contributed by atoms with Gasteiger partial charge in [-0.05, 0) is 24.1 Å². The minimum absolute atomic E-state index is 0.501. The van der Waals surface area contributed by atoms with Crippen molar-refractivity contribution in [1.29, 1.82) is 0 Å². The fraction of sp³-hybridized carbons (Fsp3) is 0.211. The van der Waals surface area contributed by atoms with Crippen molar-refractivity contribution >= 4 is 29.1 Å². The summed E-state index contributed by atoms with van der Waals surface area (Å²) in [5.74, 6) is 0. The maximum atomic E-state index is 6.36. The highest BCUT2D eigenvalue weighted by atomic mass is 35.5. The first kappa shape index (κ1) is 15.6. The van der Waals surface area contributed by atoms with Crippen LogP contribution >= 0.6 is 11.6 Å². The molecular weight excluding hydrogens is 306 g/mol. The largest absolute Gasteiger partial charge is 0.356 e. The highest BCUT2D eigenvalue weighted by molar-refractivity contribution is 6.33. The molecular formula is C19H20ClN3. The van der Waals surface area contributed by atoms with Crippen LogP contribution in [0.3, 0.4) is 0 Å². The Balaban J connectivity index is 1.91. The number of allylic oxidation sites excluding steroid dienone is 1. The number of nitrogens with one attached hydrogen (secondary N) is 1. The Bertz CT molecular complexity index is 723. The summed E-state index contributed by atoms with van der Waals surface area (Å²) in [5, 5.41) is 3.70. The van der Waals surface area contributed by atoms with E-state index in [1.54, 1.807) is 0 Å². The third kappa shape index (κ3) is 3.74. The number of unbranched alkanes of at least 4 members (excludes halogenated alkanes) is 1. The van der Waals surface area contributed by atoms with Crippen LogP contribution in [0.5, 0.6) is 0 Å². The van der Waals surface area contributed by atoms with Crippen LogP contribution < -0.4 is 10.2 Å². The number of hydrogen-bond acceptors (Lipinski definition) is 3. The molecule has 0 fully saturated rings. The molecule has 0 saturated carbocycles. The summed E-state index contributed by atoms with van der Waals surface area (Å²) in [4.78, 5) is 6.64. The second kappa shape index (κ2) is 7.34. The Morgan fingerprint density at radius 3 is 2.87 bits per heavy atom. The van der Waals surface area contributed by atoms with E-state index >= 15 is 0 Å². The number of benzene rings is 1. The summed E-state index contributed by atoms with van der Waals surface area (Å²) >= 11 is 6.36. The molecule has 2 heterocycles. The van der Waals surface area contributed by atoms with Crippen molar-refractivity contribution in [3.8, 4) is 0 Å². The number of aromatic nitrogens is 1. The Morgan fingerprint density at radius 2 is 2.09 bits per heavy atom. The molecule has 1 aliphatic heterocycles. The van der Waals surface area contributed by atoms with Crippen LogP contribution in [0, 0.1) is 0 Å². The van der Waals surface area contributed by atoms with Gasteiger partial charge < -0.3 is 10.2 Å². The number of fused-ring (bicyclic) bond motifs is 1. The Hall–Kier alpha value is -2.26. The van der Waals surface area contributed by atoms with Gasteiger partial charge in [-0.25, -0.2) is 4.98 Å². The van der Waals surface area contributed by atoms with E-state index in [4.69, 9.17) is 11.6 Å². The Kier molecular flexibility index (Phi) is 4.99. The van der Waals surface area contributed by atoms with Gasteiger partial charge in [-0.2, -0.15) is 0 Å². The lowest BCUT2D eigenvalue weighted by molar-refractivity contribution is 0.953. The highest BCUT2D eigenvalue weighted by Crippen LogP contribution is 2.36. The molecule has 0 spiro atoms. The summed E-state index contributed by atoms with van der Waals surface area (Å²) in [6.45, 7) is 2.96. The minimum Gasteiger partial charge on any atom is -0.356 e. The molecule has 4 heteroatoms. The SMILES string of the molecule is CCCC=Cc1cc2c(c(Cl)n1)NC=CN2Cc1ccccc1. The molecule has 1 N–H and O–H groups in total. The molecule has 3 nitrogen and oxygen atoms in total. The van der Waals surface area contributed by atoms with Crippen molar-refractivity contribution in [3.05, 3.63) is 71.3 Å². The van der Waals surface area contributed by atoms with Gasteiger partial charge in [-0.3, -0.25) is 0 Å². The van der Waals surface area contributed by atoms with Gasteiger partial charge in [0.25, 0.3) is 0 Å². The van der Waals surface area contributed by atoms with Crippen molar-refractivity contribution in [2.24, 2.45) is 0 Å². The second-order valence-corrected chi connectivity index (χ2v) is 5.85. The van der Waals surface area contributed by atoms with Gasteiger partial charge in [-0.1, -0.05) is 61.4 Å². The maximum absolute atomic E-state index is 6.36. The van der Waals surface area contributed by atoms with Crippen LogP contribution in [-0.4, -0.2) is 4.98 Å². The van der Waals surface area contributed by atoms with Gasteiger partial charge in [0.05, 0.1) is 11.4 Å². The van der Waals surface area contributed by atoms with E-state index < -0.39 is 0 Å². The van der Waals surface area contributed by atoms with Gasteiger partial charge in [0, 0.05) is 18.9 Å². The molecule has 0 atom stereocenters. The molecule has 0 bridgehead atoms. The van der Waals surface area contributed by atoms with Crippen molar-refractivity contribution < 1.29 is 0 Å². The van der Waals surface area contributed by atoms with Crippen LogP contribution in [-0.2, 0) is 6.54 Å². The van der Waals surface area contributed by atoms with Crippen molar-refractivity contribution in [1.82, 2.24) is 4.98 Å². The summed E-state index contributed by atoms with van der Waals surface area (Å²) < 4.78 is 0. The Morgan fingerprint density at radius 1 is 1.26 bits per heavy atom. The normalized spacial score (nSPS) is 13.2. The summed E-state index contributed by atoms with van der Waals surface area (Å²) in [6, 6.07) is 12.5. The maximum Gasteiger partial charge on any atom is 0.155 e. The summed E-state index contributed by atoms with van der Waals surface area (Å²) in [7, 11) is 0. The molecule has 0 unspecified atom stereocenters. The fourth-order valence-electron chi connectivity index (χ4n) is 2.54. The molecule has 3 rings (SSSR count). The molecule has 118 valence electrons. The fourth-order valence-corrected chi connectivity index (χ4v) is 2.79. The van der Waals surface area contributed by atoms with E-state index in [9.17, 15) is 0 Å². The molecule has 0 amide bonds. The average molecular weight is 326 g/mol. The number of rotatable bonds is 5. The highest BCUT2D eigenvalue weighted by Gasteiger charge is 2.17. The summed E-state index contributed by atoms with van der Waals surface area (Å²) in [6.07, 6.45) is 10.3. The van der Waals surface area contributed by atoms with E-state index in [1.165, 1.54) is 5.56 Å². The first-order chi connectivity index (χ1) is 11.3. The smallest absolute Gasteiger partial charge is 0.155 e. The zero-order valence-corrected chi connectivity index (χ0v) is 13.9. The molecule has 0 aliphatic carbocycles. The van der Waals surface area contributed by atoms with Crippen LogP contribution in [0.2, 0.25) is 5.15 Å². The van der Waals surface area contributed by atoms with Crippen LogP contribution in [0.4, 0.5) is 11.4 Å². The third-order valence-corrected chi connectivity index (χ3v) is 3.98. The first-order valence-electron chi connectivity index (χ1n) is 7.89. The van der Waals surface area contributed by atoms with Gasteiger partial charge in [-0.15, -0.1) is 0 Å².